The zero-order valence-electron chi connectivity index (χ0n) is 9.91. The third-order valence-electron chi connectivity index (χ3n) is 3.63. The smallest absolute Gasteiger partial charge is 0.0663 e. The summed E-state index contributed by atoms with van der Waals surface area (Å²) < 4.78 is 0. The molecule has 0 aliphatic carbocycles. The molecule has 1 aromatic heterocycles. The lowest BCUT2D eigenvalue weighted by Gasteiger charge is -2.36. The first-order valence-corrected chi connectivity index (χ1v) is 7.02. The van der Waals surface area contributed by atoms with E-state index in [0.717, 1.165) is 32.4 Å². The van der Waals surface area contributed by atoms with Crippen LogP contribution in [0.1, 0.15) is 31.1 Å². The van der Waals surface area contributed by atoms with Gasteiger partial charge in [0.15, 0.2) is 0 Å². The predicted molar refractivity (Wildman–Crippen MR) is 68.9 cm³/mol. The molecule has 0 spiro atoms. The van der Waals surface area contributed by atoms with E-state index in [0.29, 0.717) is 5.92 Å². The summed E-state index contributed by atoms with van der Waals surface area (Å²) in [5.74, 6) is 0.418. The molecule has 1 fully saturated rings. The molecule has 16 heavy (non-hydrogen) atoms. The molecule has 0 bridgehead atoms. The summed E-state index contributed by atoms with van der Waals surface area (Å²) in [4.78, 5) is 1.38. The van der Waals surface area contributed by atoms with Crippen molar-refractivity contribution < 1.29 is 5.11 Å². The SMILES string of the molecule is CC(O)(CCc1cccs1)C1CCCNC1. The number of aliphatic hydroxyl groups is 1. The lowest BCUT2D eigenvalue weighted by Crippen LogP contribution is -2.44. The first-order chi connectivity index (χ1) is 7.68. The molecule has 0 saturated carbocycles. The van der Waals surface area contributed by atoms with Crippen molar-refractivity contribution in [1.82, 2.24) is 5.32 Å². The molecule has 2 rings (SSSR count). The number of hydrogen-bond donors (Lipinski definition) is 2. The average Bonchev–Trinajstić information content (AvgIpc) is 2.81. The summed E-state index contributed by atoms with van der Waals surface area (Å²) >= 11 is 1.78. The molecule has 1 aromatic rings. The fraction of sp³-hybridized carbons (Fsp3) is 0.692. The molecule has 1 aliphatic rings. The lowest BCUT2D eigenvalue weighted by molar-refractivity contribution is -0.0174. The molecular formula is C13H21NOS. The van der Waals surface area contributed by atoms with Crippen LogP contribution in [0.3, 0.4) is 0 Å². The van der Waals surface area contributed by atoms with Gasteiger partial charge in [0.2, 0.25) is 0 Å². The van der Waals surface area contributed by atoms with Gasteiger partial charge in [-0.05, 0) is 56.5 Å². The fourth-order valence-electron chi connectivity index (χ4n) is 2.42. The molecule has 2 nitrogen and oxygen atoms in total. The molecule has 1 saturated heterocycles. The molecule has 2 N–H and O–H groups in total. The Bertz CT molecular complexity index is 302. The van der Waals surface area contributed by atoms with Crippen molar-refractivity contribution in [2.45, 2.75) is 38.2 Å². The second-order valence-corrected chi connectivity index (χ2v) is 6.01. The second-order valence-electron chi connectivity index (χ2n) is 4.98. The zero-order chi connectivity index (χ0) is 11.4. The van der Waals surface area contributed by atoms with E-state index < -0.39 is 5.60 Å². The molecule has 0 aromatic carbocycles. The Hall–Kier alpha value is -0.380. The van der Waals surface area contributed by atoms with Gasteiger partial charge in [-0.3, -0.25) is 0 Å². The molecule has 90 valence electrons. The van der Waals surface area contributed by atoms with Gasteiger partial charge in [-0.2, -0.15) is 0 Å². The average molecular weight is 239 g/mol. The predicted octanol–water partition coefficient (Wildman–Crippen LogP) is 2.43. The number of hydrogen-bond acceptors (Lipinski definition) is 3. The van der Waals surface area contributed by atoms with Crippen LogP contribution in [0.5, 0.6) is 0 Å². The van der Waals surface area contributed by atoms with Crippen molar-refractivity contribution in [3.63, 3.8) is 0 Å². The summed E-state index contributed by atoms with van der Waals surface area (Å²) in [7, 11) is 0. The van der Waals surface area contributed by atoms with E-state index in [2.05, 4.69) is 22.8 Å². The number of nitrogens with one attached hydrogen (secondary N) is 1. The maximum Gasteiger partial charge on any atom is 0.0663 e. The standard InChI is InChI=1S/C13H21NOS/c1-13(15,11-4-2-8-14-10-11)7-6-12-5-3-9-16-12/h3,5,9,11,14-15H,2,4,6-8,10H2,1H3. The fourth-order valence-corrected chi connectivity index (χ4v) is 3.13. The van der Waals surface area contributed by atoms with Gasteiger partial charge in [0.25, 0.3) is 0 Å². The van der Waals surface area contributed by atoms with Crippen LogP contribution in [0.2, 0.25) is 0 Å². The highest BCUT2D eigenvalue weighted by atomic mass is 32.1. The quantitative estimate of drug-likeness (QED) is 0.846. The molecule has 0 radical (unpaired) electrons. The van der Waals surface area contributed by atoms with E-state index in [1.165, 1.54) is 11.3 Å². The molecule has 3 heteroatoms. The van der Waals surface area contributed by atoms with Crippen molar-refractivity contribution in [3.8, 4) is 0 Å². The van der Waals surface area contributed by atoms with E-state index in [-0.39, 0.29) is 0 Å². The largest absolute Gasteiger partial charge is 0.390 e. The maximum atomic E-state index is 10.5. The van der Waals surface area contributed by atoms with E-state index >= 15 is 0 Å². The third kappa shape index (κ3) is 3.06. The van der Waals surface area contributed by atoms with Gasteiger partial charge in [0.1, 0.15) is 0 Å². The highest BCUT2D eigenvalue weighted by Crippen LogP contribution is 2.28. The van der Waals surface area contributed by atoms with Crippen LogP contribution >= 0.6 is 11.3 Å². The van der Waals surface area contributed by atoms with Crippen molar-refractivity contribution >= 4 is 11.3 Å². The Labute approximate surface area is 102 Å². The minimum atomic E-state index is -0.516. The molecule has 1 aliphatic heterocycles. The first kappa shape index (κ1) is 12.1. The van der Waals surface area contributed by atoms with Crippen LogP contribution in [0.25, 0.3) is 0 Å². The third-order valence-corrected chi connectivity index (χ3v) is 4.57. The van der Waals surface area contributed by atoms with E-state index in [4.69, 9.17) is 0 Å². The Morgan fingerprint density at radius 3 is 3.12 bits per heavy atom. The van der Waals surface area contributed by atoms with Gasteiger partial charge in [0, 0.05) is 11.4 Å². The molecule has 2 unspecified atom stereocenters. The van der Waals surface area contributed by atoms with Crippen LogP contribution in [-0.4, -0.2) is 23.8 Å². The molecule has 2 atom stereocenters. The number of rotatable bonds is 4. The Morgan fingerprint density at radius 2 is 2.50 bits per heavy atom. The van der Waals surface area contributed by atoms with Gasteiger partial charge < -0.3 is 10.4 Å². The van der Waals surface area contributed by atoms with Crippen LogP contribution in [0, 0.1) is 5.92 Å². The zero-order valence-corrected chi connectivity index (χ0v) is 10.7. The highest BCUT2D eigenvalue weighted by molar-refractivity contribution is 7.09. The first-order valence-electron chi connectivity index (χ1n) is 6.14. The van der Waals surface area contributed by atoms with E-state index in [1.807, 2.05) is 6.92 Å². The van der Waals surface area contributed by atoms with Crippen LogP contribution < -0.4 is 5.32 Å². The summed E-state index contributed by atoms with van der Waals surface area (Å²) in [6, 6.07) is 4.23. The second kappa shape index (κ2) is 5.30. The van der Waals surface area contributed by atoms with Gasteiger partial charge >= 0.3 is 0 Å². The Balaban J connectivity index is 1.86. The molecule has 0 amide bonds. The highest BCUT2D eigenvalue weighted by Gasteiger charge is 2.32. The van der Waals surface area contributed by atoms with Crippen LogP contribution in [0.15, 0.2) is 17.5 Å². The molecule has 2 heterocycles. The lowest BCUT2D eigenvalue weighted by atomic mass is 9.80. The minimum absolute atomic E-state index is 0.418. The summed E-state index contributed by atoms with van der Waals surface area (Å²) in [6.45, 7) is 4.08. The van der Waals surface area contributed by atoms with E-state index in [9.17, 15) is 5.11 Å². The van der Waals surface area contributed by atoms with Crippen molar-refractivity contribution in [3.05, 3.63) is 22.4 Å². The van der Waals surface area contributed by atoms with Gasteiger partial charge in [-0.15, -0.1) is 11.3 Å². The number of aryl methyl sites for hydroxylation is 1. The number of piperidine rings is 1. The van der Waals surface area contributed by atoms with Gasteiger partial charge in [0.05, 0.1) is 5.60 Å². The van der Waals surface area contributed by atoms with Crippen LogP contribution in [-0.2, 0) is 6.42 Å². The van der Waals surface area contributed by atoms with E-state index in [1.54, 1.807) is 11.3 Å². The van der Waals surface area contributed by atoms with Gasteiger partial charge in [-0.1, -0.05) is 6.07 Å². The van der Waals surface area contributed by atoms with Gasteiger partial charge in [-0.25, -0.2) is 0 Å². The topological polar surface area (TPSA) is 32.3 Å². The normalized spacial score (nSPS) is 25.2. The van der Waals surface area contributed by atoms with Crippen molar-refractivity contribution in [1.29, 1.82) is 0 Å². The maximum absolute atomic E-state index is 10.5. The summed E-state index contributed by atoms with van der Waals surface area (Å²) in [5.41, 5.74) is -0.516. The minimum Gasteiger partial charge on any atom is -0.390 e. The number of thiophene rings is 1. The van der Waals surface area contributed by atoms with Crippen molar-refractivity contribution in [2.24, 2.45) is 5.92 Å². The Morgan fingerprint density at radius 1 is 1.62 bits per heavy atom. The van der Waals surface area contributed by atoms with Crippen molar-refractivity contribution in [2.75, 3.05) is 13.1 Å². The molecular weight excluding hydrogens is 218 g/mol. The summed E-state index contributed by atoms with van der Waals surface area (Å²) in [5, 5.41) is 16.0. The summed E-state index contributed by atoms with van der Waals surface area (Å²) in [6.07, 6.45) is 4.23. The monoisotopic (exact) mass is 239 g/mol. The van der Waals surface area contributed by atoms with Crippen LogP contribution in [0.4, 0.5) is 0 Å². The Kier molecular flexibility index (Phi) is 4.00.